The van der Waals surface area contributed by atoms with Gasteiger partial charge in [0.15, 0.2) is 5.78 Å². The fourth-order valence-corrected chi connectivity index (χ4v) is 1.76. The number of carbonyl (C=O) groups excluding carboxylic acids is 1. The molecule has 0 saturated heterocycles. The molecule has 1 aromatic carbocycles. The summed E-state index contributed by atoms with van der Waals surface area (Å²) >= 11 is 3.10. The molecule has 1 aromatic rings. The van der Waals surface area contributed by atoms with Crippen LogP contribution in [0.15, 0.2) is 22.7 Å². The van der Waals surface area contributed by atoms with E-state index in [4.69, 9.17) is 5.26 Å². The maximum atomic E-state index is 12.8. The van der Waals surface area contributed by atoms with E-state index in [1.165, 1.54) is 18.2 Å². The van der Waals surface area contributed by atoms with Crippen LogP contribution in [0.5, 0.6) is 0 Å². The third-order valence-electron chi connectivity index (χ3n) is 2.08. The number of benzene rings is 1. The monoisotopic (exact) mass is 269 g/mol. The summed E-state index contributed by atoms with van der Waals surface area (Å²) in [6, 6.07) is 5.75. The number of hydrogen-bond acceptors (Lipinski definition) is 2. The number of carbonyl (C=O) groups is 1. The van der Waals surface area contributed by atoms with E-state index in [0.717, 1.165) is 0 Å². The minimum absolute atomic E-state index is 0.271. The van der Waals surface area contributed by atoms with Crippen LogP contribution >= 0.6 is 15.9 Å². The minimum Gasteiger partial charge on any atom is -0.293 e. The maximum Gasteiger partial charge on any atom is 0.181 e. The van der Waals surface area contributed by atoms with Crippen LogP contribution in [0.25, 0.3) is 0 Å². The molecule has 1 rings (SSSR count). The molecule has 0 amide bonds. The summed E-state index contributed by atoms with van der Waals surface area (Å²) in [5.74, 6) is -1.35. The summed E-state index contributed by atoms with van der Waals surface area (Å²) in [4.78, 5) is 11.8. The third kappa shape index (κ3) is 2.63. The van der Waals surface area contributed by atoms with Gasteiger partial charge in [-0.15, -0.1) is 0 Å². The average Bonchev–Trinajstić information content (AvgIpc) is 2.19. The van der Waals surface area contributed by atoms with E-state index >= 15 is 0 Å². The van der Waals surface area contributed by atoms with Crippen molar-refractivity contribution in [2.45, 2.75) is 13.3 Å². The summed E-state index contributed by atoms with van der Waals surface area (Å²) in [6.07, 6.45) is 0.457. The SMILES string of the molecule is CCC(C#N)C(=O)c1ccc(F)cc1Br. The molecule has 0 aliphatic heterocycles. The number of ketones is 1. The van der Waals surface area contributed by atoms with E-state index in [1.54, 1.807) is 6.92 Å². The Hall–Kier alpha value is -1.21. The minimum atomic E-state index is -0.660. The molecule has 15 heavy (non-hydrogen) atoms. The second-order valence-corrected chi connectivity index (χ2v) is 3.93. The number of Topliss-reactive ketones (excluding diaryl/α,β-unsaturated/α-hetero) is 1. The van der Waals surface area contributed by atoms with Crippen LogP contribution in [0.3, 0.4) is 0 Å². The third-order valence-corrected chi connectivity index (χ3v) is 2.73. The van der Waals surface area contributed by atoms with Gasteiger partial charge < -0.3 is 0 Å². The van der Waals surface area contributed by atoms with Gasteiger partial charge >= 0.3 is 0 Å². The lowest BCUT2D eigenvalue weighted by Crippen LogP contribution is -2.12. The molecule has 0 N–H and O–H groups in total. The first-order chi connectivity index (χ1) is 7.10. The predicted molar refractivity (Wildman–Crippen MR) is 57.8 cm³/mol. The van der Waals surface area contributed by atoms with E-state index in [9.17, 15) is 9.18 Å². The van der Waals surface area contributed by atoms with Gasteiger partial charge in [-0.1, -0.05) is 6.92 Å². The van der Waals surface area contributed by atoms with Gasteiger partial charge in [0, 0.05) is 10.0 Å². The van der Waals surface area contributed by atoms with E-state index in [1.807, 2.05) is 6.07 Å². The maximum absolute atomic E-state index is 12.8. The molecule has 1 atom stereocenters. The van der Waals surface area contributed by atoms with Crippen molar-refractivity contribution in [3.05, 3.63) is 34.1 Å². The fraction of sp³-hybridized carbons (Fsp3) is 0.273. The van der Waals surface area contributed by atoms with Gasteiger partial charge in [0.2, 0.25) is 0 Å². The van der Waals surface area contributed by atoms with Gasteiger partial charge in [-0.3, -0.25) is 4.79 Å². The summed E-state index contributed by atoms with van der Waals surface area (Å²) in [5.41, 5.74) is 0.352. The van der Waals surface area contributed by atoms with Crippen LogP contribution in [0.2, 0.25) is 0 Å². The molecule has 0 spiro atoms. The highest BCUT2D eigenvalue weighted by Crippen LogP contribution is 2.22. The van der Waals surface area contributed by atoms with Gasteiger partial charge in [0.25, 0.3) is 0 Å². The van der Waals surface area contributed by atoms with Gasteiger partial charge in [-0.2, -0.15) is 5.26 Å². The van der Waals surface area contributed by atoms with Gasteiger partial charge in [0.1, 0.15) is 11.7 Å². The zero-order chi connectivity index (χ0) is 11.4. The lowest BCUT2D eigenvalue weighted by molar-refractivity contribution is 0.0946. The molecule has 0 heterocycles. The van der Waals surface area contributed by atoms with E-state index < -0.39 is 11.7 Å². The molecule has 2 nitrogen and oxygen atoms in total. The molecule has 0 radical (unpaired) electrons. The van der Waals surface area contributed by atoms with Crippen LogP contribution in [0, 0.1) is 23.1 Å². The van der Waals surface area contributed by atoms with Crippen molar-refractivity contribution in [3.63, 3.8) is 0 Å². The molecule has 1 unspecified atom stereocenters. The Morgan fingerprint density at radius 3 is 2.80 bits per heavy atom. The second-order valence-electron chi connectivity index (χ2n) is 3.08. The first-order valence-corrected chi connectivity index (χ1v) is 5.28. The van der Waals surface area contributed by atoms with Crippen molar-refractivity contribution in [3.8, 4) is 6.07 Å². The van der Waals surface area contributed by atoms with Gasteiger partial charge in [-0.25, -0.2) is 4.39 Å². The highest BCUT2D eigenvalue weighted by molar-refractivity contribution is 9.10. The lowest BCUT2D eigenvalue weighted by Gasteiger charge is -2.06. The first-order valence-electron chi connectivity index (χ1n) is 4.49. The molecule has 0 saturated carbocycles. The lowest BCUT2D eigenvalue weighted by atomic mass is 9.97. The molecular formula is C11H9BrFNO. The van der Waals surface area contributed by atoms with E-state index in [0.29, 0.717) is 16.5 Å². The van der Waals surface area contributed by atoms with Crippen molar-refractivity contribution in [2.24, 2.45) is 5.92 Å². The quantitative estimate of drug-likeness (QED) is 0.790. The van der Waals surface area contributed by atoms with Crippen molar-refractivity contribution in [2.75, 3.05) is 0 Å². The van der Waals surface area contributed by atoms with Gasteiger partial charge in [0.05, 0.1) is 6.07 Å². The van der Waals surface area contributed by atoms with Crippen LogP contribution in [-0.4, -0.2) is 5.78 Å². The average molecular weight is 270 g/mol. The normalized spacial score (nSPS) is 11.9. The highest BCUT2D eigenvalue weighted by atomic mass is 79.9. The Morgan fingerprint density at radius 2 is 2.33 bits per heavy atom. The van der Waals surface area contributed by atoms with Crippen LogP contribution in [-0.2, 0) is 0 Å². The number of hydrogen-bond donors (Lipinski definition) is 0. The largest absolute Gasteiger partial charge is 0.293 e. The highest BCUT2D eigenvalue weighted by Gasteiger charge is 2.19. The molecule has 4 heteroatoms. The molecule has 0 bridgehead atoms. The standard InChI is InChI=1S/C11H9BrFNO/c1-2-7(6-14)11(15)9-4-3-8(13)5-10(9)12/h3-5,7H,2H2,1H3. The molecule has 0 aromatic heterocycles. The van der Waals surface area contributed by atoms with Crippen LogP contribution < -0.4 is 0 Å². The van der Waals surface area contributed by atoms with E-state index in [2.05, 4.69) is 15.9 Å². The molecule has 0 aliphatic carbocycles. The van der Waals surface area contributed by atoms with Gasteiger partial charge in [-0.05, 0) is 40.5 Å². The Morgan fingerprint density at radius 1 is 1.67 bits per heavy atom. The van der Waals surface area contributed by atoms with Crippen molar-refractivity contribution in [1.29, 1.82) is 5.26 Å². The number of nitriles is 1. The van der Waals surface area contributed by atoms with Crippen molar-refractivity contribution >= 4 is 21.7 Å². The Labute approximate surface area is 95.8 Å². The first kappa shape index (κ1) is 11.9. The Bertz CT molecular complexity index is 425. The second kappa shape index (κ2) is 5.04. The zero-order valence-electron chi connectivity index (χ0n) is 8.13. The number of rotatable bonds is 3. The van der Waals surface area contributed by atoms with Crippen molar-refractivity contribution in [1.82, 2.24) is 0 Å². The fourth-order valence-electron chi connectivity index (χ4n) is 1.21. The smallest absolute Gasteiger partial charge is 0.181 e. The number of halogens is 2. The summed E-state index contributed by atoms with van der Waals surface area (Å²) in [6.45, 7) is 1.77. The molecular weight excluding hydrogens is 261 g/mol. The summed E-state index contributed by atoms with van der Waals surface area (Å²) in [5, 5.41) is 8.74. The van der Waals surface area contributed by atoms with E-state index in [-0.39, 0.29) is 5.78 Å². The summed E-state index contributed by atoms with van der Waals surface area (Å²) < 4.78 is 13.2. The topological polar surface area (TPSA) is 40.9 Å². The summed E-state index contributed by atoms with van der Waals surface area (Å²) in [7, 11) is 0. The Kier molecular flexibility index (Phi) is 3.98. The van der Waals surface area contributed by atoms with Crippen LogP contribution in [0.1, 0.15) is 23.7 Å². The molecule has 78 valence electrons. The molecule has 0 fully saturated rings. The van der Waals surface area contributed by atoms with Crippen LogP contribution in [0.4, 0.5) is 4.39 Å². The molecule has 0 aliphatic rings. The number of nitrogens with zero attached hydrogens (tertiary/aromatic N) is 1. The zero-order valence-corrected chi connectivity index (χ0v) is 9.71. The predicted octanol–water partition coefficient (Wildman–Crippen LogP) is 3.32. The Balaban J connectivity index is 3.07. The van der Waals surface area contributed by atoms with Crippen molar-refractivity contribution < 1.29 is 9.18 Å².